The van der Waals surface area contributed by atoms with E-state index in [1.54, 1.807) is 0 Å². The molecule has 0 unspecified atom stereocenters. The minimum absolute atomic E-state index is 0.139. The highest BCUT2D eigenvalue weighted by atomic mass is 32.2. The van der Waals surface area contributed by atoms with Crippen LogP contribution in [0.25, 0.3) is 0 Å². The minimum atomic E-state index is 0.139. The van der Waals surface area contributed by atoms with Gasteiger partial charge in [0.05, 0.1) is 23.9 Å². The Hall–Kier alpha value is -1.34. The molecule has 7 rings (SSSR count). The summed E-state index contributed by atoms with van der Waals surface area (Å²) in [6.07, 6.45) is 12.6. The van der Waals surface area contributed by atoms with Crippen LogP contribution in [0, 0.1) is 17.8 Å². The first-order valence-corrected chi connectivity index (χ1v) is 11.8. The van der Waals surface area contributed by atoms with Gasteiger partial charge in [-0.2, -0.15) is 5.10 Å². The number of amides is 1. The smallest absolute Gasteiger partial charge is 0.239 e. The summed E-state index contributed by atoms with van der Waals surface area (Å²) in [6, 6.07) is 2.03. The van der Waals surface area contributed by atoms with E-state index in [9.17, 15) is 4.79 Å². The van der Waals surface area contributed by atoms with E-state index in [-0.39, 0.29) is 17.6 Å². The summed E-state index contributed by atoms with van der Waals surface area (Å²) >= 11 is 1.53. The summed E-state index contributed by atoms with van der Waals surface area (Å²) < 4.78 is 7.96. The number of hydrogen-bond donors (Lipinski definition) is 0. The molecule has 0 radical (unpaired) electrons. The van der Waals surface area contributed by atoms with Crippen LogP contribution in [0.3, 0.4) is 0 Å². The minimum Gasteiger partial charge on any atom is -0.376 e. The number of amidine groups is 1. The van der Waals surface area contributed by atoms with Gasteiger partial charge in [-0.1, -0.05) is 11.8 Å². The molecule has 2 aliphatic heterocycles. The van der Waals surface area contributed by atoms with Crippen LogP contribution in [-0.2, 0) is 15.1 Å². The fourth-order valence-electron chi connectivity index (χ4n) is 6.73. The van der Waals surface area contributed by atoms with E-state index in [0.717, 1.165) is 48.2 Å². The summed E-state index contributed by atoms with van der Waals surface area (Å²) in [6.45, 7) is 1.43. The van der Waals surface area contributed by atoms with E-state index >= 15 is 0 Å². The molecule has 6 nitrogen and oxygen atoms in total. The van der Waals surface area contributed by atoms with Gasteiger partial charge in [-0.25, -0.2) is 4.99 Å². The predicted octanol–water partition coefficient (Wildman–Crippen LogP) is 3.55. The molecule has 28 heavy (non-hydrogen) atoms. The second-order valence-corrected chi connectivity index (χ2v) is 10.5. The Morgan fingerprint density at radius 3 is 2.64 bits per heavy atom. The largest absolute Gasteiger partial charge is 0.376 e. The van der Waals surface area contributed by atoms with Crippen molar-refractivity contribution in [2.24, 2.45) is 22.7 Å². The van der Waals surface area contributed by atoms with Gasteiger partial charge in [-0.05, 0) is 69.1 Å². The van der Waals surface area contributed by atoms with Gasteiger partial charge in [-0.3, -0.25) is 14.4 Å². The zero-order valence-corrected chi connectivity index (χ0v) is 17.1. The maximum atomic E-state index is 12.3. The molecule has 4 bridgehead atoms. The van der Waals surface area contributed by atoms with Crippen LogP contribution in [0.1, 0.15) is 51.4 Å². The Balaban J connectivity index is 1.23. The van der Waals surface area contributed by atoms with Gasteiger partial charge >= 0.3 is 0 Å². The van der Waals surface area contributed by atoms with E-state index in [0.29, 0.717) is 12.3 Å². The van der Waals surface area contributed by atoms with Gasteiger partial charge in [-0.15, -0.1) is 0 Å². The third kappa shape index (κ3) is 2.93. The number of carbonyl (C=O) groups excluding carboxylic acids is 1. The molecule has 3 heterocycles. The van der Waals surface area contributed by atoms with Crippen molar-refractivity contribution >= 4 is 28.7 Å². The average molecular weight is 401 g/mol. The van der Waals surface area contributed by atoms with E-state index in [4.69, 9.17) is 14.8 Å². The molecule has 7 heteroatoms. The van der Waals surface area contributed by atoms with Gasteiger partial charge < -0.3 is 4.74 Å². The van der Waals surface area contributed by atoms with Gasteiger partial charge in [0.25, 0.3) is 0 Å². The van der Waals surface area contributed by atoms with E-state index in [1.165, 1.54) is 50.3 Å². The van der Waals surface area contributed by atoms with Crippen molar-refractivity contribution in [3.8, 4) is 0 Å². The van der Waals surface area contributed by atoms with Gasteiger partial charge in [0.2, 0.25) is 5.91 Å². The van der Waals surface area contributed by atoms with Crippen LogP contribution in [0.4, 0.5) is 5.82 Å². The van der Waals surface area contributed by atoms with E-state index in [2.05, 4.69) is 10.9 Å². The Labute approximate surface area is 170 Å². The number of ether oxygens (including phenoxy) is 1. The maximum Gasteiger partial charge on any atom is 0.239 e. The molecular weight excluding hydrogens is 372 g/mol. The zero-order valence-electron chi connectivity index (χ0n) is 16.3. The lowest BCUT2D eigenvalue weighted by molar-refractivity contribution is -0.125. The average Bonchev–Trinajstić information content (AvgIpc) is 3.39. The third-order valence-electron chi connectivity index (χ3n) is 7.54. The Morgan fingerprint density at radius 1 is 1.21 bits per heavy atom. The Morgan fingerprint density at radius 2 is 1.96 bits per heavy atom. The molecule has 0 spiro atoms. The van der Waals surface area contributed by atoms with Crippen molar-refractivity contribution in [1.29, 1.82) is 0 Å². The van der Waals surface area contributed by atoms with Crippen LogP contribution in [0.15, 0.2) is 17.3 Å². The highest BCUT2D eigenvalue weighted by molar-refractivity contribution is 8.15. The lowest BCUT2D eigenvalue weighted by atomic mass is 9.53. The van der Waals surface area contributed by atoms with E-state index < -0.39 is 0 Å². The Bertz CT molecular complexity index is 778. The molecular formula is C21H28N4O2S. The van der Waals surface area contributed by atoms with Crippen LogP contribution in [0.2, 0.25) is 0 Å². The van der Waals surface area contributed by atoms with Gasteiger partial charge in [0.1, 0.15) is 0 Å². The predicted molar refractivity (Wildman–Crippen MR) is 109 cm³/mol. The molecule has 4 saturated carbocycles. The first-order valence-electron chi connectivity index (χ1n) is 10.9. The second-order valence-electron chi connectivity index (χ2n) is 9.58. The SMILES string of the molecule is O=C1CSC(=Nc2ccn(C34CC5CC(CC(C5)C3)C4)n2)N1C[C@H]1CCCO1. The fraction of sp³-hybridized carbons (Fsp3) is 0.762. The Kier molecular flexibility index (Phi) is 4.12. The lowest BCUT2D eigenvalue weighted by Gasteiger charge is -2.56. The van der Waals surface area contributed by atoms with Crippen LogP contribution in [-0.4, -0.2) is 50.8 Å². The highest BCUT2D eigenvalue weighted by Crippen LogP contribution is 2.58. The molecule has 6 aliphatic rings. The number of hydrogen-bond acceptors (Lipinski definition) is 5. The van der Waals surface area contributed by atoms with Crippen molar-refractivity contribution in [3.63, 3.8) is 0 Å². The second kappa shape index (κ2) is 6.59. The van der Waals surface area contributed by atoms with Crippen molar-refractivity contribution in [2.45, 2.75) is 63.0 Å². The zero-order chi connectivity index (χ0) is 18.7. The molecule has 1 atom stereocenters. The monoisotopic (exact) mass is 400 g/mol. The van der Waals surface area contributed by atoms with Crippen LogP contribution >= 0.6 is 11.8 Å². The lowest BCUT2D eigenvalue weighted by Crippen LogP contribution is -2.52. The van der Waals surface area contributed by atoms with Gasteiger partial charge in [0.15, 0.2) is 11.0 Å². The summed E-state index contributed by atoms with van der Waals surface area (Å²) in [7, 11) is 0. The molecule has 6 fully saturated rings. The topological polar surface area (TPSA) is 59.7 Å². The standard InChI is InChI=1S/C21H28N4O2S/c26-19-13-28-20(24(19)12-17-2-1-5-27-17)22-18-3-4-25(23-18)21-9-14-6-15(10-21)8-16(7-14)11-21/h3-4,14-17H,1-2,5-13H2/t14?,15?,16?,17-,21?/m1/s1. The van der Waals surface area contributed by atoms with Crippen LogP contribution < -0.4 is 0 Å². The summed E-state index contributed by atoms with van der Waals surface area (Å²) in [5, 5.41) is 5.69. The van der Waals surface area contributed by atoms with Crippen molar-refractivity contribution in [3.05, 3.63) is 12.3 Å². The molecule has 150 valence electrons. The third-order valence-corrected chi connectivity index (χ3v) is 8.51. The highest BCUT2D eigenvalue weighted by Gasteiger charge is 2.52. The molecule has 1 aromatic rings. The maximum absolute atomic E-state index is 12.3. The van der Waals surface area contributed by atoms with E-state index in [1.807, 2.05) is 11.0 Å². The normalized spacial score (nSPS) is 40.9. The fourth-order valence-corrected chi connectivity index (χ4v) is 7.63. The van der Waals surface area contributed by atoms with Crippen LogP contribution in [0.5, 0.6) is 0 Å². The van der Waals surface area contributed by atoms with Crippen molar-refractivity contribution < 1.29 is 9.53 Å². The van der Waals surface area contributed by atoms with Crippen molar-refractivity contribution in [2.75, 3.05) is 18.9 Å². The number of aliphatic imine (C=N–C) groups is 1. The number of rotatable bonds is 4. The summed E-state index contributed by atoms with van der Waals surface area (Å²) in [4.78, 5) is 18.9. The molecule has 1 aromatic heterocycles. The first kappa shape index (κ1) is 17.5. The number of thioether (sulfide) groups is 1. The molecule has 2 saturated heterocycles. The van der Waals surface area contributed by atoms with Crippen molar-refractivity contribution in [1.82, 2.24) is 14.7 Å². The quantitative estimate of drug-likeness (QED) is 0.775. The molecule has 4 aliphatic carbocycles. The number of aromatic nitrogens is 2. The number of carbonyl (C=O) groups is 1. The molecule has 1 amide bonds. The molecule has 0 aromatic carbocycles. The summed E-state index contributed by atoms with van der Waals surface area (Å²) in [5.74, 6) is 4.05. The first-order chi connectivity index (χ1) is 13.7. The molecule has 0 N–H and O–H groups in total. The summed E-state index contributed by atoms with van der Waals surface area (Å²) in [5.41, 5.74) is 0.225. The number of nitrogens with zero attached hydrogens (tertiary/aromatic N) is 4. The van der Waals surface area contributed by atoms with Gasteiger partial charge in [0, 0.05) is 18.9 Å².